The average Bonchev–Trinajstić information content (AvgIpc) is 3.37. The number of rotatable bonds is 6. The highest BCUT2D eigenvalue weighted by Crippen LogP contribution is 2.22. The summed E-state index contributed by atoms with van der Waals surface area (Å²) in [5, 5.41) is 7.98. The second-order valence-corrected chi connectivity index (χ2v) is 9.10. The van der Waals surface area contributed by atoms with Crippen LogP contribution in [0.15, 0.2) is 21.3 Å². The molecule has 8 heteroatoms. The zero-order valence-electron chi connectivity index (χ0n) is 17.2. The molecular formula is C21H30N4O3S. The number of aromatic nitrogens is 2. The Hall–Kier alpha value is -1.77. The number of carbonyl (C=O) groups excluding carboxylic acids is 1. The highest BCUT2D eigenvalue weighted by atomic mass is 32.1. The van der Waals surface area contributed by atoms with E-state index in [-0.39, 0.29) is 5.91 Å². The molecule has 2 fully saturated rings. The first kappa shape index (κ1) is 20.5. The molecule has 2 atom stereocenters. The van der Waals surface area contributed by atoms with Gasteiger partial charge in [0, 0.05) is 56.5 Å². The molecule has 2 aliphatic rings. The van der Waals surface area contributed by atoms with Crippen LogP contribution in [0, 0.1) is 5.92 Å². The van der Waals surface area contributed by atoms with Crippen molar-refractivity contribution >= 4 is 17.2 Å². The highest BCUT2D eigenvalue weighted by Gasteiger charge is 2.28. The highest BCUT2D eigenvalue weighted by molar-refractivity contribution is 7.08. The number of ether oxygens (including phenoxy) is 1. The Morgan fingerprint density at radius 2 is 2.00 bits per heavy atom. The third kappa shape index (κ3) is 5.43. The van der Waals surface area contributed by atoms with Gasteiger partial charge in [-0.1, -0.05) is 5.16 Å². The Morgan fingerprint density at radius 3 is 2.69 bits per heavy atom. The van der Waals surface area contributed by atoms with E-state index in [9.17, 15) is 4.79 Å². The summed E-state index contributed by atoms with van der Waals surface area (Å²) in [6.07, 6.45) is 3.70. The molecule has 7 nitrogen and oxygen atoms in total. The minimum atomic E-state index is 0.187. The molecule has 0 radical (unpaired) electrons. The van der Waals surface area contributed by atoms with E-state index >= 15 is 0 Å². The Bertz CT molecular complexity index is 776. The van der Waals surface area contributed by atoms with Crippen molar-refractivity contribution in [3.8, 4) is 11.4 Å². The molecule has 0 aromatic carbocycles. The average molecular weight is 419 g/mol. The molecule has 0 bridgehead atoms. The molecular weight excluding hydrogens is 388 g/mol. The van der Waals surface area contributed by atoms with Crippen LogP contribution in [0.2, 0.25) is 0 Å². The van der Waals surface area contributed by atoms with Crippen LogP contribution in [0.1, 0.15) is 39.0 Å². The molecule has 4 rings (SSSR count). The van der Waals surface area contributed by atoms with Crippen molar-refractivity contribution in [3.63, 3.8) is 0 Å². The van der Waals surface area contributed by atoms with Gasteiger partial charge in [0.15, 0.2) is 0 Å². The van der Waals surface area contributed by atoms with Gasteiger partial charge < -0.3 is 14.2 Å². The maximum atomic E-state index is 12.6. The standard InChI is InChI=1S/C21H30N4O3S/c1-15-11-24(12-16(2)27-15)13-17-5-8-25(9-6-17)20(26)4-3-19-22-21(23-28-19)18-7-10-29-14-18/h7,10,14-17H,3-6,8-9,11-13H2,1-2H3. The second-order valence-electron chi connectivity index (χ2n) is 8.32. The SMILES string of the molecule is CC1CN(CC2CCN(C(=O)CCc3nc(-c4ccsc4)no3)CC2)CC(C)O1. The van der Waals surface area contributed by atoms with Crippen LogP contribution in [0.3, 0.4) is 0 Å². The smallest absolute Gasteiger partial charge is 0.227 e. The van der Waals surface area contributed by atoms with E-state index in [0.717, 1.165) is 51.1 Å². The van der Waals surface area contributed by atoms with Gasteiger partial charge in [-0.25, -0.2) is 0 Å². The summed E-state index contributed by atoms with van der Waals surface area (Å²) in [5.41, 5.74) is 0.961. The van der Waals surface area contributed by atoms with Crippen LogP contribution in [0.4, 0.5) is 0 Å². The summed E-state index contributed by atoms with van der Waals surface area (Å²) < 4.78 is 11.1. The first-order valence-corrected chi connectivity index (χ1v) is 11.5. The largest absolute Gasteiger partial charge is 0.373 e. The monoisotopic (exact) mass is 418 g/mol. The van der Waals surface area contributed by atoms with Crippen molar-refractivity contribution < 1.29 is 14.1 Å². The van der Waals surface area contributed by atoms with Crippen LogP contribution in [-0.2, 0) is 16.0 Å². The van der Waals surface area contributed by atoms with Crippen LogP contribution in [-0.4, -0.2) is 70.8 Å². The fourth-order valence-electron chi connectivity index (χ4n) is 4.40. The summed E-state index contributed by atoms with van der Waals surface area (Å²) in [6.45, 7) is 9.15. The van der Waals surface area contributed by atoms with Crippen LogP contribution in [0.5, 0.6) is 0 Å². The van der Waals surface area contributed by atoms with E-state index in [1.165, 1.54) is 0 Å². The van der Waals surface area contributed by atoms with Gasteiger partial charge in [-0.15, -0.1) is 0 Å². The van der Waals surface area contributed by atoms with E-state index in [2.05, 4.69) is 28.9 Å². The number of thiophene rings is 1. The molecule has 1 amide bonds. The second kappa shape index (κ2) is 9.36. The van der Waals surface area contributed by atoms with Crippen molar-refractivity contribution in [2.45, 2.75) is 51.7 Å². The van der Waals surface area contributed by atoms with Crippen LogP contribution >= 0.6 is 11.3 Å². The molecule has 29 heavy (non-hydrogen) atoms. The summed E-state index contributed by atoms with van der Waals surface area (Å²) >= 11 is 1.60. The maximum Gasteiger partial charge on any atom is 0.227 e. The molecule has 0 saturated carbocycles. The summed E-state index contributed by atoms with van der Waals surface area (Å²) in [6, 6.07) is 1.97. The van der Waals surface area contributed by atoms with Crippen molar-refractivity contribution in [1.82, 2.24) is 19.9 Å². The fourth-order valence-corrected chi connectivity index (χ4v) is 5.04. The number of nitrogens with zero attached hydrogens (tertiary/aromatic N) is 4. The Labute approximate surface area is 176 Å². The quantitative estimate of drug-likeness (QED) is 0.718. The minimum absolute atomic E-state index is 0.187. The molecule has 0 aliphatic carbocycles. The lowest BCUT2D eigenvalue weighted by atomic mass is 9.95. The van der Waals surface area contributed by atoms with Crippen LogP contribution < -0.4 is 0 Å². The van der Waals surface area contributed by atoms with Gasteiger partial charge in [-0.05, 0) is 44.1 Å². The number of amides is 1. The number of hydrogen-bond acceptors (Lipinski definition) is 7. The lowest BCUT2D eigenvalue weighted by molar-refractivity contribution is -0.132. The number of carbonyl (C=O) groups is 1. The van der Waals surface area contributed by atoms with E-state index in [1.807, 2.05) is 21.7 Å². The molecule has 2 aromatic heterocycles. The van der Waals surface area contributed by atoms with Crippen LogP contribution in [0.25, 0.3) is 11.4 Å². The number of likely N-dealkylation sites (tertiary alicyclic amines) is 1. The molecule has 0 N–H and O–H groups in total. The van der Waals surface area contributed by atoms with Crippen molar-refractivity contribution in [2.75, 3.05) is 32.7 Å². The maximum absolute atomic E-state index is 12.6. The first-order chi connectivity index (χ1) is 14.1. The molecule has 2 unspecified atom stereocenters. The summed E-state index contributed by atoms with van der Waals surface area (Å²) in [4.78, 5) is 21.5. The lowest BCUT2D eigenvalue weighted by Gasteiger charge is -2.39. The molecule has 2 aliphatic heterocycles. The number of morpholine rings is 1. The third-order valence-corrected chi connectivity index (χ3v) is 6.46. The third-order valence-electron chi connectivity index (χ3n) is 5.78. The van der Waals surface area contributed by atoms with Crippen molar-refractivity contribution in [2.24, 2.45) is 5.92 Å². The number of piperidine rings is 1. The predicted molar refractivity (Wildman–Crippen MR) is 112 cm³/mol. The topological polar surface area (TPSA) is 71.7 Å². The van der Waals surface area contributed by atoms with E-state index in [0.29, 0.717) is 42.7 Å². The Balaban J connectivity index is 1.19. The van der Waals surface area contributed by atoms with Gasteiger partial charge in [0.05, 0.1) is 12.2 Å². The van der Waals surface area contributed by atoms with E-state index in [4.69, 9.17) is 9.26 Å². The van der Waals surface area contributed by atoms with Crippen molar-refractivity contribution in [3.05, 3.63) is 22.7 Å². The van der Waals surface area contributed by atoms with Gasteiger partial charge >= 0.3 is 0 Å². The summed E-state index contributed by atoms with van der Waals surface area (Å²) in [5.74, 6) is 1.99. The zero-order valence-corrected chi connectivity index (χ0v) is 18.1. The van der Waals surface area contributed by atoms with Gasteiger partial charge in [0.2, 0.25) is 17.6 Å². The minimum Gasteiger partial charge on any atom is -0.373 e. The van der Waals surface area contributed by atoms with Gasteiger partial charge in [0.1, 0.15) is 0 Å². The normalized spacial score (nSPS) is 24.1. The van der Waals surface area contributed by atoms with Crippen molar-refractivity contribution in [1.29, 1.82) is 0 Å². The fraction of sp³-hybridized carbons (Fsp3) is 0.667. The van der Waals surface area contributed by atoms with Gasteiger partial charge in [-0.3, -0.25) is 9.69 Å². The molecule has 4 heterocycles. The molecule has 2 aromatic rings. The van der Waals surface area contributed by atoms with E-state index < -0.39 is 0 Å². The number of aryl methyl sites for hydroxylation is 1. The number of hydrogen-bond donors (Lipinski definition) is 0. The first-order valence-electron chi connectivity index (χ1n) is 10.6. The van der Waals surface area contributed by atoms with Gasteiger partial charge in [0.25, 0.3) is 0 Å². The zero-order chi connectivity index (χ0) is 20.2. The Kier molecular flexibility index (Phi) is 6.62. The molecule has 2 saturated heterocycles. The molecule has 158 valence electrons. The Morgan fingerprint density at radius 1 is 1.24 bits per heavy atom. The lowest BCUT2D eigenvalue weighted by Crippen LogP contribution is -2.48. The predicted octanol–water partition coefficient (Wildman–Crippen LogP) is 3.08. The molecule has 0 spiro atoms. The summed E-state index contributed by atoms with van der Waals surface area (Å²) in [7, 11) is 0. The van der Waals surface area contributed by atoms with E-state index in [1.54, 1.807) is 11.3 Å². The van der Waals surface area contributed by atoms with Gasteiger partial charge in [-0.2, -0.15) is 16.3 Å².